The fourth-order valence-corrected chi connectivity index (χ4v) is 3.46. The van der Waals surface area contributed by atoms with Gasteiger partial charge in [0.1, 0.15) is 10.8 Å². The van der Waals surface area contributed by atoms with E-state index in [1.54, 1.807) is 18.4 Å². The number of aromatic nitrogens is 1. The molecule has 0 fully saturated rings. The summed E-state index contributed by atoms with van der Waals surface area (Å²) < 4.78 is 6.21. The van der Waals surface area contributed by atoms with Crippen molar-refractivity contribution in [3.8, 4) is 16.3 Å². The number of halogens is 1. The van der Waals surface area contributed by atoms with Gasteiger partial charge in [-0.1, -0.05) is 6.92 Å². The van der Waals surface area contributed by atoms with Gasteiger partial charge in [-0.15, -0.1) is 11.3 Å². The first-order valence-electron chi connectivity index (χ1n) is 6.66. The Morgan fingerprint density at radius 1 is 1.40 bits per heavy atom. The van der Waals surface area contributed by atoms with E-state index in [4.69, 9.17) is 4.74 Å². The maximum Gasteiger partial charge on any atom is 0.133 e. The molecule has 108 valence electrons. The molecule has 0 radical (unpaired) electrons. The highest BCUT2D eigenvalue weighted by Crippen LogP contribution is 2.33. The monoisotopic (exact) mass is 354 g/mol. The first kappa shape index (κ1) is 15.5. The summed E-state index contributed by atoms with van der Waals surface area (Å²) >= 11 is 5.27. The van der Waals surface area contributed by atoms with Gasteiger partial charge in [-0.2, -0.15) is 0 Å². The molecule has 0 amide bonds. The van der Waals surface area contributed by atoms with Gasteiger partial charge < -0.3 is 10.1 Å². The second-order valence-electron chi connectivity index (χ2n) is 4.55. The number of nitrogens with one attached hydrogen (secondary N) is 1. The Morgan fingerprint density at radius 3 is 2.85 bits per heavy atom. The van der Waals surface area contributed by atoms with Crippen LogP contribution in [0.1, 0.15) is 23.9 Å². The summed E-state index contributed by atoms with van der Waals surface area (Å²) in [5, 5.41) is 4.48. The van der Waals surface area contributed by atoms with Crippen molar-refractivity contribution < 1.29 is 4.74 Å². The Kier molecular flexibility index (Phi) is 5.57. The normalized spacial score (nSPS) is 10.8. The zero-order valence-corrected chi connectivity index (χ0v) is 14.4. The number of nitrogens with zero attached hydrogens (tertiary/aromatic N) is 1. The van der Waals surface area contributed by atoms with Crippen molar-refractivity contribution >= 4 is 27.3 Å². The first-order chi connectivity index (χ1) is 9.65. The fraction of sp³-hybridized carbons (Fsp3) is 0.400. The average Bonchev–Trinajstić information content (AvgIpc) is 2.80. The van der Waals surface area contributed by atoms with Gasteiger partial charge in [-0.05, 0) is 54.0 Å². The van der Waals surface area contributed by atoms with Gasteiger partial charge in [0.2, 0.25) is 0 Å². The molecule has 0 atom stereocenters. The largest absolute Gasteiger partial charge is 0.496 e. The van der Waals surface area contributed by atoms with Crippen molar-refractivity contribution in [2.45, 2.75) is 26.8 Å². The summed E-state index contributed by atoms with van der Waals surface area (Å²) in [5.41, 5.74) is 2.23. The van der Waals surface area contributed by atoms with Crippen LogP contribution in [-0.4, -0.2) is 18.6 Å². The van der Waals surface area contributed by atoms with Gasteiger partial charge in [-0.3, -0.25) is 0 Å². The maximum absolute atomic E-state index is 5.26. The summed E-state index contributed by atoms with van der Waals surface area (Å²) in [5.74, 6) is 0.840. The van der Waals surface area contributed by atoms with Crippen LogP contribution in [0.15, 0.2) is 22.7 Å². The molecule has 20 heavy (non-hydrogen) atoms. The van der Waals surface area contributed by atoms with E-state index in [1.165, 1.54) is 4.88 Å². The highest BCUT2D eigenvalue weighted by Gasteiger charge is 2.10. The zero-order valence-electron chi connectivity index (χ0n) is 12.0. The van der Waals surface area contributed by atoms with Gasteiger partial charge in [-0.25, -0.2) is 4.98 Å². The fourth-order valence-electron chi connectivity index (χ4n) is 1.89. The van der Waals surface area contributed by atoms with Crippen molar-refractivity contribution in [2.75, 3.05) is 13.7 Å². The number of thiazole rings is 1. The summed E-state index contributed by atoms with van der Waals surface area (Å²) in [6.45, 7) is 6.18. The van der Waals surface area contributed by atoms with Gasteiger partial charge in [0.25, 0.3) is 0 Å². The van der Waals surface area contributed by atoms with Crippen LogP contribution in [0, 0.1) is 6.92 Å². The molecular weight excluding hydrogens is 336 g/mol. The molecule has 2 rings (SSSR count). The predicted octanol–water partition coefficient (Wildman–Crippen LogP) is 4.39. The van der Waals surface area contributed by atoms with Crippen LogP contribution < -0.4 is 10.1 Å². The Bertz CT molecular complexity index is 583. The van der Waals surface area contributed by atoms with Gasteiger partial charge in [0, 0.05) is 17.0 Å². The average molecular weight is 355 g/mol. The van der Waals surface area contributed by atoms with E-state index < -0.39 is 0 Å². The SMILES string of the molecule is CCCNCc1sc(-c2ccc(OC)c(Br)c2)nc1C. The van der Waals surface area contributed by atoms with E-state index in [9.17, 15) is 0 Å². The summed E-state index contributed by atoms with van der Waals surface area (Å²) in [6, 6.07) is 6.07. The van der Waals surface area contributed by atoms with Gasteiger partial charge in [0.15, 0.2) is 0 Å². The van der Waals surface area contributed by atoms with Crippen molar-refractivity contribution in [1.29, 1.82) is 0 Å². The molecule has 3 nitrogen and oxygen atoms in total. The van der Waals surface area contributed by atoms with E-state index >= 15 is 0 Å². The number of rotatable bonds is 6. The summed E-state index contributed by atoms with van der Waals surface area (Å²) in [6.07, 6.45) is 1.15. The van der Waals surface area contributed by atoms with Crippen LogP contribution in [-0.2, 0) is 6.54 Å². The number of benzene rings is 1. The third-order valence-corrected chi connectivity index (χ3v) is 4.83. The highest BCUT2D eigenvalue weighted by atomic mass is 79.9. The summed E-state index contributed by atoms with van der Waals surface area (Å²) in [4.78, 5) is 5.98. The van der Waals surface area contributed by atoms with E-state index in [0.29, 0.717) is 0 Å². The molecule has 1 heterocycles. The maximum atomic E-state index is 5.26. The molecule has 0 aliphatic heterocycles. The molecule has 1 N–H and O–H groups in total. The smallest absolute Gasteiger partial charge is 0.133 e. The van der Waals surface area contributed by atoms with E-state index in [0.717, 1.165) is 46.0 Å². The lowest BCUT2D eigenvalue weighted by atomic mass is 10.2. The number of hydrogen-bond acceptors (Lipinski definition) is 4. The van der Waals surface area contributed by atoms with Gasteiger partial charge >= 0.3 is 0 Å². The van der Waals surface area contributed by atoms with Crippen molar-refractivity contribution in [2.24, 2.45) is 0 Å². The predicted molar refractivity (Wildman–Crippen MR) is 88.5 cm³/mol. The van der Waals surface area contributed by atoms with Crippen LogP contribution in [0.2, 0.25) is 0 Å². The van der Waals surface area contributed by atoms with Crippen LogP contribution in [0.4, 0.5) is 0 Å². The minimum atomic E-state index is 0.840. The molecule has 0 aliphatic carbocycles. The number of ether oxygens (including phenoxy) is 1. The molecule has 0 saturated carbocycles. The summed E-state index contributed by atoms with van der Waals surface area (Å²) in [7, 11) is 1.67. The molecule has 0 spiro atoms. The second kappa shape index (κ2) is 7.20. The lowest BCUT2D eigenvalue weighted by Crippen LogP contribution is -2.13. The second-order valence-corrected chi connectivity index (χ2v) is 6.49. The van der Waals surface area contributed by atoms with Crippen LogP contribution in [0.3, 0.4) is 0 Å². The molecule has 0 bridgehead atoms. The number of aryl methyl sites for hydroxylation is 1. The van der Waals surface area contributed by atoms with Crippen molar-refractivity contribution in [3.05, 3.63) is 33.2 Å². The topological polar surface area (TPSA) is 34.1 Å². The van der Waals surface area contributed by atoms with Crippen LogP contribution in [0.25, 0.3) is 10.6 Å². The van der Waals surface area contributed by atoms with Crippen LogP contribution >= 0.6 is 27.3 Å². The number of hydrogen-bond donors (Lipinski definition) is 1. The standard InChI is InChI=1S/C15H19BrN2OS/c1-4-7-17-9-14-10(2)18-15(20-14)11-5-6-13(19-3)12(16)8-11/h5-6,8,17H,4,7,9H2,1-3H3. The van der Waals surface area contributed by atoms with Crippen molar-refractivity contribution in [3.63, 3.8) is 0 Å². The Labute approximate surface area is 132 Å². The molecule has 1 aromatic heterocycles. The minimum absolute atomic E-state index is 0.840. The van der Waals surface area contributed by atoms with E-state index in [2.05, 4.69) is 46.1 Å². The molecular formula is C15H19BrN2OS. The van der Waals surface area contributed by atoms with Crippen LogP contribution in [0.5, 0.6) is 5.75 Å². The third-order valence-electron chi connectivity index (χ3n) is 3.00. The Hall–Kier alpha value is -0.910. The van der Waals surface area contributed by atoms with Gasteiger partial charge in [0.05, 0.1) is 17.3 Å². The lowest BCUT2D eigenvalue weighted by molar-refractivity contribution is 0.412. The minimum Gasteiger partial charge on any atom is -0.496 e. The quantitative estimate of drug-likeness (QED) is 0.781. The molecule has 0 unspecified atom stereocenters. The Balaban J connectivity index is 2.20. The van der Waals surface area contributed by atoms with E-state index in [1.807, 2.05) is 12.1 Å². The van der Waals surface area contributed by atoms with E-state index in [-0.39, 0.29) is 0 Å². The molecule has 2 aromatic rings. The molecule has 0 saturated heterocycles. The molecule has 1 aromatic carbocycles. The molecule has 5 heteroatoms. The number of methoxy groups -OCH3 is 1. The molecule has 0 aliphatic rings. The van der Waals surface area contributed by atoms with Crippen molar-refractivity contribution in [1.82, 2.24) is 10.3 Å². The third kappa shape index (κ3) is 3.59. The zero-order chi connectivity index (χ0) is 14.5. The first-order valence-corrected chi connectivity index (χ1v) is 8.27. The Morgan fingerprint density at radius 2 is 2.20 bits per heavy atom. The lowest BCUT2D eigenvalue weighted by Gasteiger charge is -2.04. The highest BCUT2D eigenvalue weighted by molar-refractivity contribution is 9.10.